The van der Waals surface area contributed by atoms with Crippen LogP contribution in [0, 0.1) is 0 Å². The molecular formula is C12H9Cl6N3O. The topological polar surface area (TPSA) is 46.0 Å². The normalized spacial score (nSPS) is 19.1. The number of halogens is 6. The van der Waals surface area contributed by atoms with E-state index in [-0.39, 0.29) is 5.84 Å². The zero-order chi connectivity index (χ0) is 16.5. The van der Waals surface area contributed by atoms with Crippen LogP contribution in [0.2, 0.25) is 0 Å². The summed E-state index contributed by atoms with van der Waals surface area (Å²) in [6.45, 7) is 0. The number of aliphatic imine (C=N–C) groups is 2. The predicted molar refractivity (Wildman–Crippen MR) is 94.5 cm³/mol. The maximum atomic E-state index is 5.87. The van der Waals surface area contributed by atoms with Gasteiger partial charge in [-0.1, -0.05) is 69.6 Å². The standard InChI is InChI=1S/C12H9Cl6N3O/c1-22-7-4-2-6(3-5-7)8-19-9(11(13,14)15)21-10(20-8)12(16,17)18/h2-5,9H,1H3,(H,19,20,21)/t9-/m1/s1. The first-order valence-corrected chi connectivity index (χ1v) is 8.09. The van der Waals surface area contributed by atoms with Gasteiger partial charge in [-0.05, 0) is 24.3 Å². The van der Waals surface area contributed by atoms with E-state index >= 15 is 0 Å². The first-order chi connectivity index (χ1) is 10.1. The summed E-state index contributed by atoms with van der Waals surface area (Å²) in [6.07, 6.45) is -1.04. The molecule has 4 nitrogen and oxygen atoms in total. The van der Waals surface area contributed by atoms with Crippen LogP contribution in [-0.2, 0) is 0 Å². The molecule has 0 aliphatic carbocycles. The van der Waals surface area contributed by atoms with Crippen molar-refractivity contribution in [2.24, 2.45) is 9.98 Å². The third-order valence-electron chi connectivity index (χ3n) is 2.66. The summed E-state index contributed by atoms with van der Waals surface area (Å²) in [5.74, 6) is 1.08. The monoisotopic (exact) mass is 421 g/mol. The van der Waals surface area contributed by atoms with Crippen LogP contribution in [-0.4, -0.2) is 32.5 Å². The van der Waals surface area contributed by atoms with Gasteiger partial charge >= 0.3 is 0 Å². The van der Waals surface area contributed by atoms with Crippen molar-refractivity contribution in [1.29, 1.82) is 0 Å². The number of nitrogens with one attached hydrogen (secondary N) is 1. The Morgan fingerprint density at radius 3 is 2.05 bits per heavy atom. The highest BCUT2D eigenvalue weighted by Crippen LogP contribution is 2.37. The molecule has 1 N–H and O–H groups in total. The van der Waals surface area contributed by atoms with Crippen LogP contribution in [0.25, 0.3) is 0 Å². The van der Waals surface area contributed by atoms with Gasteiger partial charge in [0.25, 0.3) is 0 Å². The van der Waals surface area contributed by atoms with E-state index in [0.29, 0.717) is 17.1 Å². The molecule has 120 valence electrons. The lowest BCUT2D eigenvalue weighted by Crippen LogP contribution is -2.46. The average molecular weight is 424 g/mol. The third-order valence-corrected chi connectivity index (χ3v) is 3.79. The number of ether oxygens (including phenoxy) is 1. The number of hydrogen-bond donors (Lipinski definition) is 1. The molecule has 0 unspecified atom stereocenters. The number of hydrogen-bond acceptors (Lipinski definition) is 4. The van der Waals surface area contributed by atoms with Gasteiger partial charge < -0.3 is 10.1 Å². The van der Waals surface area contributed by atoms with Crippen molar-refractivity contribution in [3.05, 3.63) is 29.8 Å². The number of benzene rings is 1. The number of amidine groups is 2. The van der Waals surface area contributed by atoms with Gasteiger partial charge in [-0.2, -0.15) is 0 Å². The molecule has 1 heterocycles. The summed E-state index contributed by atoms with van der Waals surface area (Å²) in [4.78, 5) is 8.28. The summed E-state index contributed by atoms with van der Waals surface area (Å²) < 4.78 is 1.52. The molecule has 0 bridgehead atoms. The molecule has 10 heteroatoms. The van der Waals surface area contributed by atoms with Gasteiger partial charge in [-0.15, -0.1) is 0 Å². The molecule has 0 spiro atoms. The highest BCUT2D eigenvalue weighted by Gasteiger charge is 2.39. The van der Waals surface area contributed by atoms with Crippen LogP contribution in [0.5, 0.6) is 5.75 Å². The number of nitrogens with zero attached hydrogens (tertiary/aromatic N) is 2. The first-order valence-electron chi connectivity index (χ1n) is 5.82. The van der Waals surface area contributed by atoms with Crippen molar-refractivity contribution in [2.45, 2.75) is 13.8 Å². The quantitative estimate of drug-likeness (QED) is 0.711. The fourth-order valence-corrected chi connectivity index (χ4v) is 2.22. The minimum Gasteiger partial charge on any atom is -0.497 e. The summed E-state index contributed by atoms with van der Waals surface area (Å²) >= 11 is 35.2. The molecule has 0 fully saturated rings. The van der Waals surface area contributed by atoms with E-state index in [4.69, 9.17) is 74.3 Å². The van der Waals surface area contributed by atoms with E-state index in [2.05, 4.69) is 15.3 Å². The summed E-state index contributed by atoms with van der Waals surface area (Å²) in [6, 6.07) is 7.04. The molecule has 2 rings (SSSR count). The van der Waals surface area contributed by atoms with Crippen LogP contribution >= 0.6 is 69.6 Å². The van der Waals surface area contributed by atoms with Crippen molar-refractivity contribution in [2.75, 3.05) is 7.11 Å². The lowest BCUT2D eigenvalue weighted by Gasteiger charge is -2.28. The van der Waals surface area contributed by atoms with Gasteiger partial charge in [0, 0.05) is 5.56 Å². The van der Waals surface area contributed by atoms with E-state index in [1.165, 1.54) is 0 Å². The van der Waals surface area contributed by atoms with E-state index in [1.54, 1.807) is 31.4 Å². The maximum absolute atomic E-state index is 5.87. The zero-order valence-electron chi connectivity index (χ0n) is 11.0. The fraction of sp³-hybridized carbons (Fsp3) is 0.333. The van der Waals surface area contributed by atoms with Crippen LogP contribution in [0.15, 0.2) is 34.3 Å². The van der Waals surface area contributed by atoms with Gasteiger partial charge in [0.15, 0.2) is 12.0 Å². The lowest BCUT2D eigenvalue weighted by molar-refractivity contribution is 0.415. The summed E-state index contributed by atoms with van der Waals surface area (Å²) in [5, 5.41) is 2.84. The Morgan fingerprint density at radius 1 is 1.00 bits per heavy atom. The average Bonchev–Trinajstić information content (AvgIpc) is 2.45. The molecule has 0 aromatic heterocycles. The third kappa shape index (κ3) is 4.47. The van der Waals surface area contributed by atoms with Gasteiger partial charge in [-0.3, -0.25) is 0 Å². The van der Waals surface area contributed by atoms with Crippen molar-refractivity contribution in [3.8, 4) is 5.75 Å². The highest BCUT2D eigenvalue weighted by atomic mass is 35.6. The zero-order valence-corrected chi connectivity index (χ0v) is 15.5. The second-order valence-electron chi connectivity index (χ2n) is 4.22. The Hall–Kier alpha value is -0.100. The van der Waals surface area contributed by atoms with Crippen LogP contribution in [0.3, 0.4) is 0 Å². The Balaban J connectivity index is 2.40. The Labute approximate surface area is 157 Å². The predicted octanol–water partition coefficient (Wildman–Crippen LogP) is 4.51. The van der Waals surface area contributed by atoms with Gasteiger partial charge in [-0.25, -0.2) is 9.98 Å². The van der Waals surface area contributed by atoms with E-state index in [0.717, 1.165) is 0 Å². The minimum atomic E-state index is -1.80. The molecule has 22 heavy (non-hydrogen) atoms. The Bertz CT molecular complexity index is 603. The van der Waals surface area contributed by atoms with Gasteiger partial charge in [0.2, 0.25) is 7.59 Å². The Morgan fingerprint density at radius 2 is 1.59 bits per heavy atom. The number of alkyl halides is 6. The van der Waals surface area contributed by atoms with Crippen LogP contribution in [0.1, 0.15) is 5.56 Å². The molecule has 1 atom stereocenters. The van der Waals surface area contributed by atoms with E-state index in [9.17, 15) is 0 Å². The molecule has 1 aromatic rings. The SMILES string of the molecule is COc1ccc(C2=N[C@@H](C(Cl)(Cl)Cl)N=C(C(Cl)(Cl)Cl)N2)cc1. The minimum absolute atomic E-state index is 0.0228. The molecule has 0 radical (unpaired) electrons. The second kappa shape index (κ2) is 6.80. The van der Waals surface area contributed by atoms with Crippen LogP contribution < -0.4 is 10.1 Å². The van der Waals surface area contributed by atoms with Crippen molar-refractivity contribution >= 4 is 81.3 Å². The van der Waals surface area contributed by atoms with E-state index in [1.807, 2.05) is 0 Å². The number of rotatable bonds is 2. The fourth-order valence-electron chi connectivity index (χ4n) is 1.64. The molecular weight excluding hydrogens is 415 g/mol. The lowest BCUT2D eigenvalue weighted by atomic mass is 10.2. The van der Waals surface area contributed by atoms with Crippen LogP contribution in [0.4, 0.5) is 0 Å². The molecule has 0 saturated carbocycles. The molecule has 1 aromatic carbocycles. The summed E-state index contributed by atoms with van der Waals surface area (Å²) in [7, 11) is 1.57. The largest absolute Gasteiger partial charge is 0.497 e. The Kier molecular flexibility index (Phi) is 5.63. The molecule has 0 amide bonds. The van der Waals surface area contributed by atoms with E-state index < -0.39 is 13.8 Å². The van der Waals surface area contributed by atoms with Crippen molar-refractivity contribution < 1.29 is 4.74 Å². The van der Waals surface area contributed by atoms with Crippen molar-refractivity contribution in [1.82, 2.24) is 5.32 Å². The first kappa shape index (κ1) is 18.2. The number of methoxy groups -OCH3 is 1. The van der Waals surface area contributed by atoms with Gasteiger partial charge in [0.05, 0.1) is 7.11 Å². The van der Waals surface area contributed by atoms with Crippen molar-refractivity contribution in [3.63, 3.8) is 0 Å². The van der Waals surface area contributed by atoms with Gasteiger partial charge in [0.1, 0.15) is 11.6 Å². The highest BCUT2D eigenvalue weighted by molar-refractivity contribution is 6.77. The molecule has 1 aliphatic rings. The molecule has 0 saturated heterocycles. The smallest absolute Gasteiger partial charge is 0.247 e. The second-order valence-corrected chi connectivity index (χ2v) is 8.87. The maximum Gasteiger partial charge on any atom is 0.247 e. The summed E-state index contributed by atoms with van der Waals surface area (Å²) in [5.41, 5.74) is 0.696. The molecule has 1 aliphatic heterocycles.